The summed E-state index contributed by atoms with van der Waals surface area (Å²) in [6.07, 6.45) is 2.83. The minimum atomic E-state index is -1.08. The van der Waals surface area contributed by atoms with Gasteiger partial charge in [-0.25, -0.2) is 9.18 Å². The van der Waals surface area contributed by atoms with Crippen LogP contribution in [0.1, 0.15) is 49.4 Å². The molecule has 1 saturated carbocycles. The first-order valence-electron chi connectivity index (χ1n) is 11.0. The second kappa shape index (κ2) is 11.7. The lowest BCUT2D eigenvalue weighted by atomic mass is 9.83. The highest BCUT2D eigenvalue weighted by Gasteiger charge is 2.35. The average Bonchev–Trinajstić information content (AvgIpc) is 2.84. The minimum absolute atomic E-state index is 0.0163. The van der Waals surface area contributed by atoms with Crippen LogP contribution in [0.3, 0.4) is 0 Å². The van der Waals surface area contributed by atoms with Crippen molar-refractivity contribution in [3.63, 3.8) is 0 Å². The summed E-state index contributed by atoms with van der Waals surface area (Å²) in [5.41, 5.74) is -0.219. The van der Waals surface area contributed by atoms with Gasteiger partial charge in [0.05, 0.1) is 17.4 Å². The highest BCUT2D eigenvalue weighted by atomic mass is 32.2. The topological polar surface area (TPSA) is 108 Å². The number of esters is 1. The monoisotopic (exact) mass is 483 g/mol. The van der Waals surface area contributed by atoms with Crippen LogP contribution in [0.2, 0.25) is 0 Å². The molecule has 2 aromatic rings. The van der Waals surface area contributed by atoms with Gasteiger partial charge in [0.2, 0.25) is 5.91 Å². The molecule has 3 rings (SSSR count). The molecule has 0 saturated heterocycles. The predicted molar refractivity (Wildman–Crippen MR) is 127 cm³/mol. The summed E-state index contributed by atoms with van der Waals surface area (Å²) in [6, 6.07) is 14.3. The molecule has 2 N–H and O–H groups in total. The van der Waals surface area contributed by atoms with Gasteiger partial charge in [-0.15, -0.1) is 11.8 Å². The Kier molecular flexibility index (Phi) is 8.66. The van der Waals surface area contributed by atoms with Crippen molar-refractivity contribution in [3.05, 3.63) is 59.9 Å². The van der Waals surface area contributed by atoms with Gasteiger partial charge >= 0.3 is 5.97 Å². The number of ether oxygens (including phenoxy) is 1. The molecule has 2 amide bonds. The summed E-state index contributed by atoms with van der Waals surface area (Å²) in [6.45, 7) is 1.47. The van der Waals surface area contributed by atoms with Crippen molar-refractivity contribution < 1.29 is 23.5 Å². The maximum Gasteiger partial charge on any atom is 0.340 e. The van der Waals surface area contributed by atoms with E-state index in [1.165, 1.54) is 31.2 Å². The van der Waals surface area contributed by atoms with E-state index in [4.69, 9.17) is 4.74 Å². The minimum Gasteiger partial charge on any atom is -0.449 e. The number of nitriles is 1. The molecule has 1 atom stereocenters. The van der Waals surface area contributed by atoms with Crippen molar-refractivity contribution in [3.8, 4) is 6.07 Å². The third-order valence-corrected chi connectivity index (χ3v) is 6.60. The number of thioether (sulfide) groups is 1. The molecular weight excluding hydrogens is 457 g/mol. The molecule has 1 aliphatic rings. The Labute approximate surface area is 202 Å². The molecular formula is C25H26FN3O4S. The number of amides is 2. The lowest BCUT2D eigenvalue weighted by molar-refractivity contribution is -0.130. The molecule has 0 radical (unpaired) electrons. The van der Waals surface area contributed by atoms with Crippen molar-refractivity contribution in [2.75, 3.05) is 11.1 Å². The van der Waals surface area contributed by atoms with E-state index < -0.39 is 29.3 Å². The van der Waals surface area contributed by atoms with Crippen molar-refractivity contribution in [1.82, 2.24) is 5.32 Å². The summed E-state index contributed by atoms with van der Waals surface area (Å²) >= 11 is 1.14. The Balaban J connectivity index is 1.57. The maximum atomic E-state index is 13.0. The van der Waals surface area contributed by atoms with Crippen molar-refractivity contribution >= 4 is 35.2 Å². The van der Waals surface area contributed by atoms with E-state index in [2.05, 4.69) is 16.7 Å². The molecule has 0 aliphatic heterocycles. The number of carbonyl (C=O) groups is 3. The van der Waals surface area contributed by atoms with E-state index in [0.717, 1.165) is 31.0 Å². The van der Waals surface area contributed by atoms with Crippen molar-refractivity contribution in [2.45, 2.75) is 55.6 Å². The molecule has 0 aromatic heterocycles. The van der Waals surface area contributed by atoms with Crippen LogP contribution in [0, 0.1) is 17.1 Å². The maximum absolute atomic E-state index is 13.0. The summed E-state index contributed by atoms with van der Waals surface area (Å²) in [7, 11) is 0. The molecule has 7 nitrogen and oxygen atoms in total. The van der Waals surface area contributed by atoms with Crippen LogP contribution in [0.4, 0.5) is 10.1 Å². The largest absolute Gasteiger partial charge is 0.449 e. The number of nitrogens with one attached hydrogen (secondary N) is 2. The first-order chi connectivity index (χ1) is 16.3. The lowest BCUT2D eigenvalue weighted by Crippen LogP contribution is -2.52. The molecule has 0 heterocycles. The number of rotatable bonds is 8. The van der Waals surface area contributed by atoms with Gasteiger partial charge in [-0.3, -0.25) is 9.59 Å². The quantitative estimate of drug-likeness (QED) is 0.424. The Morgan fingerprint density at radius 2 is 1.79 bits per heavy atom. The smallest absolute Gasteiger partial charge is 0.340 e. The van der Waals surface area contributed by atoms with E-state index >= 15 is 0 Å². The molecule has 9 heteroatoms. The lowest BCUT2D eigenvalue weighted by Gasteiger charge is -2.32. The van der Waals surface area contributed by atoms with Gasteiger partial charge < -0.3 is 15.4 Å². The fourth-order valence-electron chi connectivity index (χ4n) is 3.67. The third-order valence-electron chi connectivity index (χ3n) is 5.53. The first kappa shape index (κ1) is 25.2. The van der Waals surface area contributed by atoms with Gasteiger partial charge in [-0.05, 0) is 56.2 Å². The number of hydrogen-bond donors (Lipinski definition) is 2. The third kappa shape index (κ3) is 6.81. The summed E-state index contributed by atoms with van der Waals surface area (Å²) < 4.78 is 18.4. The fourth-order valence-corrected chi connectivity index (χ4v) is 4.51. The van der Waals surface area contributed by atoms with E-state index in [1.54, 1.807) is 24.3 Å². The summed E-state index contributed by atoms with van der Waals surface area (Å²) in [4.78, 5) is 38.2. The SMILES string of the molecule is C[C@@H](OC(=O)c1ccccc1SCC(=O)Nc1ccc(F)cc1)C(=O)NC1(C#N)CCCCC1. The second-order valence-electron chi connectivity index (χ2n) is 8.13. The summed E-state index contributed by atoms with van der Waals surface area (Å²) in [5.74, 6) is -1.91. The Hall–Kier alpha value is -3.38. The van der Waals surface area contributed by atoms with E-state index in [9.17, 15) is 24.0 Å². The van der Waals surface area contributed by atoms with Crippen LogP contribution < -0.4 is 10.6 Å². The number of halogens is 1. The average molecular weight is 484 g/mol. The van der Waals surface area contributed by atoms with E-state index in [0.29, 0.717) is 23.4 Å². The van der Waals surface area contributed by atoms with Crippen molar-refractivity contribution in [1.29, 1.82) is 5.26 Å². The zero-order valence-electron chi connectivity index (χ0n) is 18.8. The molecule has 0 spiro atoms. The van der Waals surface area contributed by atoms with Gasteiger partial charge in [0.1, 0.15) is 11.4 Å². The number of anilines is 1. The number of nitrogens with zero attached hydrogens (tertiary/aromatic N) is 1. The Morgan fingerprint density at radius 3 is 2.47 bits per heavy atom. The van der Waals surface area contributed by atoms with Crippen LogP contribution in [-0.4, -0.2) is 35.2 Å². The standard InChI is InChI=1S/C25H26FN3O4S/c1-17(23(31)29-25(16-27)13-5-2-6-14-25)33-24(32)20-7-3-4-8-21(20)34-15-22(30)28-19-11-9-18(26)10-12-19/h3-4,7-12,17H,2,5-6,13-15H2,1H3,(H,28,30)(H,29,31)/t17-/m1/s1. The number of carbonyl (C=O) groups excluding carboxylic acids is 3. The highest BCUT2D eigenvalue weighted by Crippen LogP contribution is 2.28. The molecule has 1 aliphatic carbocycles. The van der Waals surface area contributed by atoms with Gasteiger partial charge in [-0.2, -0.15) is 5.26 Å². The van der Waals surface area contributed by atoms with Gasteiger partial charge in [0, 0.05) is 10.6 Å². The predicted octanol–water partition coefficient (Wildman–Crippen LogP) is 4.44. The molecule has 2 aromatic carbocycles. The van der Waals surface area contributed by atoms with Crippen molar-refractivity contribution in [2.24, 2.45) is 0 Å². The van der Waals surface area contributed by atoms with Crippen LogP contribution in [0.25, 0.3) is 0 Å². The van der Waals surface area contributed by atoms with E-state index in [-0.39, 0.29) is 17.2 Å². The molecule has 0 unspecified atom stereocenters. The highest BCUT2D eigenvalue weighted by molar-refractivity contribution is 8.00. The van der Waals surface area contributed by atoms with Crippen LogP contribution in [0.15, 0.2) is 53.4 Å². The summed E-state index contributed by atoms with van der Waals surface area (Å²) in [5, 5.41) is 15.0. The number of hydrogen-bond acceptors (Lipinski definition) is 6. The van der Waals surface area contributed by atoms with Gasteiger partial charge in [0.15, 0.2) is 6.10 Å². The molecule has 178 valence electrons. The normalized spacial score (nSPS) is 15.4. The van der Waals surface area contributed by atoms with Gasteiger partial charge in [0.25, 0.3) is 5.91 Å². The van der Waals surface area contributed by atoms with Crippen LogP contribution >= 0.6 is 11.8 Å². The van der Waals surface area contributed by atoms with Crippen LogP contribution in [-0.2, 0) is 14.3 Å². The molecule has 1 fully saturated rings. The Morgan fingerprint density at radius 1 is 1.12 bits per heavy atom. The van der Waals surface area contributed by atoms with Gasteiger partial charge in [-0.1, -0.05) is 31.4 Å². The number of benzene rings is 2. The molecule has 34 heavy (non-hydrogen) atoms. The van der Waals surface area contributed by atoms with E-state index in [1.807, 2.05) is 0 Å². The zero-order chi connectivity index (χ0) is 24.6. The fraction of sp³-hybridized carbons (Fsp3) is 0.360. The van der Waals surface area contributed by atoms with Crippen LogP contribution in [0.5, 0.6) is 0 Å². The molecule has 0 bridgehead atoms. The first-order valence-corrected chi connectivity index (χ1v) is 12.0. The zero-order valence-corrected chi connectivity index (χ0v) is 19.6. The Bertz CT molecular complexity index is 1080. The second-order valence-corrected chi connectivity index (χ2v) is 9.15.